The molecular weight excluding hydrogens is 470 g/mol. The number of carbonyl (C=O) groups is 3. The number of anilines is 1. The minimum absolute atomic E-state index is 0.0489. The summed E-state index contributed by atoms with van der Waals surface area (Å²) in [7, 11) is 0. The maximum absolute atomic E-state index is 13.6. The highest BCUT2D eigenvalue weighted by atomic mass is 35.5. The van der Waals surface area contributed by atoms with Crippen molar-refractivity contribution in [3.8, 4) is 0 Å². The lowest BCUT2D eigenvalue weighted by Gasteiger charge is -2.28. The largest absolute Gasteiger partial charge is 0.326 e. The number of aryl methyl sites for hydroxylation is 1. The minimum Gasteiger partial charge on any atom is -0.326 e. The van der Waals surface area contributed by atoms with Crippen molar-refractivity contribution in [3.05, 3.63) is 80.4 Å². The number of halogens is 1. The summed E-state index contributed by atoms with van der Waals surface area (Å²) in [6, 6.07) is 9.87. The average molecular weight is 496 g/mol. The van der Waals surface area contributed by atoms with E-state index in [4.69, 9.17) is 11.6 Å². The number of allylic oxidation sites excluding steroid dienone is 1. The molecule has 1 aliphatic heterocycles. The molecule has 0 N–H and O–H groups in total. The average Bonchev–Trinajstić information content (AvgIpc) is 3.14. The molecule has 2 aromatic carbocycles. The third kappa shape index (κ3) is 5.27. The number of benzene rings is 2. The lowest BCUT2D eigenvalue weighted by atomic mass is 9.96. The molecule has 9 heteroatoms. The molecule has 2 aliphatic rings. The molecule has 1 atom stereocenters. The molecule has 0 saturated carbocycles. The lowest BCUT2D eigenvalue weighted by Crippen LogP contribution is -2.46. The minimum atomic E-state index is -0.991. The van der Waals surface area contributed by atoms with Gasteiger partial charge in [0.05, 0.1) is 17.0 Å². The van der Waals surface area contributed by atoms with Crippen molar-refractivity contribution in [1.29, 1.82) is 0 Å². The highest BCUT2D eigenvalue weighted by Crippen LogP contribution is 2.30. The van der Waals surface area contributed by atoms with E-state index in [2.05, 4.69) is 6.08 Å². The second-order valence-corrected chi connectivity index (χ2v) is 9.31. The van der Waals surface area contributed by atoms with Crippen molar-refractivity contribution in [2.24, 2.45) is 0 Å². The molecule has 3 amide bonds. The first-order chi connectivity index (χ1) is 16.8. The predicted octanol–water partition coefficient (Wildman–Crippen LogP) is 5.22. The predicted molar refractivity (Wildman–Crippen MR) is 132 cm³/mol. The van der Waals surface area contributed by atoms with Gasteiger partial charge in [-0.3, -0.25) is 24.5 Å². The monoisotopic (exact) mass is 495 g/mol. The zero-order valence-electron chi connectivity index (χ0n) is 19.4. The number of nitrogens with zero attached hydrogens (tertiary/aromatic N) is 3. The van der Waals surface area contributed by atoms with E-state index in [1.54, 1.807) is 12.1 Å². The molecule has 0 spiro atoms. The van der Waals surface area contributed by atoms with Crippen molar-refractivity contribution in [2.45, 2.75) is 51.5 Å². The Hall–Kier alpha value is -3.52. The fraction of sp³-hybridized carbons (Fsp3) is 0.346. The Balaban J connectivity index is 1.65. The normalized spacial score (nSPS) is 17.9. The summed E-state index contributed by atoms with van der Waals surface area (Å²) in [5.74, 6) is -1.41. The molecule has 4 rings (SSSR count). The van der Waals surface area contributed by atoms with E-state index in [0.29, 0.717) is 12.1 Å². The van der Waals surface area contributed by atoms with Gasteiger partial charge in [0.25, 0.3) is 17.5 Å². The highest BCUT2D eigenvalue weighted by Gasteiger charge is 2.44. The third-order valence-electron chi connectivity index (χ3n) is 6.50. The van der Waals surface area contributed by atoms with Crippen LogP contribution < -0.4 is 4.90 Å². The maximum atomic E-state index is 13.6. The zero-order chi connectivity index (χ0) is 25.1. The van der Waals surface area contributed by atoms with E-state index in [9.17, 15) is 24.5 Å². The molecule has 35 heavy (non-hydrogen) atoms. The van der Waals surface area contributed by atoms with Gasteiger partial charge in [-0.2, -0.15) is 0 Å². The van der Waals surface area contributed by atoms with Crippen LogP contribution in [0.2, 0.25) is 5.02 Å². The van der Waals surface area contributed by atoms with E-state index in [1.165, 1.54) is 22.6 Å². The van der Waals surface area contributed by atoms with Gasteiger partial charge in [0.1, 0.15) is 11.1 Å². The van der Waals surface area contributed by atoms with Crippen molar-refractivity contribution in [2.75, 3.05) is 11.4 Å². The van der Waals surface area contributed by atoms with Crippen LogP contribution in [-0.4, -0.2) is 40.1 Å². The number of carbonyl (C=O) groups excluding carboxylic acids is 3. The van der Waals surface area contributed by atoms with E-state index < -0.39 is 22.8 Å². The first kappa shape index (κ1) is 24.6. The molecule has 1 saturated heterocycles. The molecule has 0 radical (unpaired) electrons. The number of imide groups is 1. The number of rotatable bonds is 7. The maximum Gasteiger partial charge on any atom is 0.288 e. The Kier molecular flexibility index (Phi) is 7.31. The van der Waals surface area contributed by atoms with Gasteiger partial charge in [-0.25, -0.2) is 4.90 Å². The number of amides is 3. The van der Waals surface area contributed by atoms with Crippen molar-refractivity contribution >= 4 is 40.7 Å². The van der Waals surface area contributed by atoms with Gasteiger partial charge in [0.2, 0.25) is 5.91 Å². The van der Waals surface area contributed by atoms with E-state index in [-0.39, 0.29) is 35.1 Å². The number of nitro groups is 1. The van der Waals surface area contributed by atoms with Gasteiger partial charge < -0.3 is 4.90 Å². The summed E-state index contributed by atoms with van der Waals surface area (Å²) in [6.07, 6.45) is 6.71. The Morgan fingerprint density at radius 1 is 1.17 bits per heavy atom. The molecule has 1 fully saturated rings. The SMILES string of the molecule is Cc1ccc(N2C(=O)CC(N(CCC3=CCCCC3)C(=O)c3ccc(Cl)c([N+](=O)[O-])c3)C2=O)cc1. The van der Waals surface area contributed by atoms with Gasteiger partial charge >= 0.3 is 0 Å². The van der Waals surface area contributed by atoms with Crippen molar-refractivity contribution < 1.29 is 19.3 Å². The topological polar surface area (TPSA) is 101 Å². The molecular formula is C26H26ClN3O5. The van der Waals surface area contributed by atoms with Crippen LogP contribution in [0.25, 0.3) is 0 Å². The summed E-state index contributed by atoms with van der Waals surface area (Å²) in [6.45, 7) is 2.14. The smallest absolute Gasteiger partial charge is 0.288 e. The highest BCUT2D eigenvalue weighted by molar-refractivity contribution is 6.32. The van der Waals surface area contributed by atoms with Gasteiger partial charge in [-0.15, -0.1) is 0 Å². The van der Waals surface area contributed by atoms with Gasteiger partial charge in [0.15, 0.2) is 0 Å². The Bertz CT molecular complexity index is 1210. The first-order valence-electron chi connectivity index (χ1n) is 11.6. The second-order valence-electron chi connectivity index (χ2n) is 8.90. The summed E-state index contributed by atoms with van der Waals surface area (Å²) in [5.41, 5.74) is 2.32. The van der Waals surface area contributed by atoms with Gasteiger partial charge in [-0.05, 0) is 63.3 Å². The molecule has 0 bridgehead atoms. The molecule has 2 aromatic rings. The summed E-state index contributed by atoms with van der Waals surface area (Å²) in [5, 5.41) is 11.3. The van der Waals surface area contributed by atoms with Crippen LogP contribution >= 0.6 is 11.6 Å². The molecule has 1 aliphatic carbocycles. The van der Waals surface area contributed by atoms with E-state index >= 15 is 0 Å². The molecule has 182 valence electrons. The van der Waals surface area contributed by atoms with Gasteiger partial charge in [0, 0.05) is 18.2 Å². The molecule has 1 heterocycles. The Morgan fingerprint density at radius 3 is 2.57 bits per heavy atom. The Labute approximate surface area is 208 Å². The van der Waals surface area contributed by atoms with E-state index in [1.807, 2.05) is 19.1 Å². The van der Waals surface area contributed by atoms with Crippen molar-refractivity contribution in [3.63, 3.8) is 0 Å². The van der Waals surface area contributed by atoms with E-state index in [0.717, 1.165) is 42.2 Å². The van der Waals surface area contributed by atoms with Crippen LogP contribution in [0.3, 0.4) is 0 Å². The summed E-state index contributed by atoms with van der Waals surface area (Å²) in [4.78, 5) is 53.1. The van der Waals surface area contributed by atoms with Crippen molar-refractivity contribution in [1.82, 2.24) is 4.90 Å². The number of hydrogen-bond acceptors (Lipinski definition) is 5. The fourth-order valence-electron chi connectivity index (χ4n) is 4.57. The third-order valence-corrected chi connectivity index (χ3v) is 6.82. The molecule has 0 aromatic heterocycles. The number of hydrogen-bond donors (Lipinski definition) is 0. The number of nitro benzene ring substituents is 1. The van der Waals surface area contributed by atoms with Crippen LogP contribution in [0.15, 0.2) is 54.1 Å². The quantitative estimate of drug-likeness (QED) is 0.227. The summed E-state index contributed by atoms with van der Waals surface area (Å²) >= 11 is 5.93. The fourth-order valence-corrected chi connectivity index (χ4v) is 4.76. The first-order valence-corrected chi connectivity index (χ1v) is 12.0. The second kappa shape index (κ2) is 10.4. The van der Waals surface area contributed by atoms with Crippen LogP contribution in [-0.2, 0) is 9.59 Å². The Morgan fingerprint density at radius 2 is 1.91 bits per heavy atom. The van der Waals surface area contributed by atoms with Crippen LogP contribution in [0.4, 0.5) is 11.4 Å². The molecule has 8 nitrogen and oxygen atoms in total. The zero-order valence-corrected chi connectivity index (χ0v) is 20.2. The molecule has 1 unspecified atom stereocenters. The summed E-state index contributed by atoms with van der Waals surface area (Å²) < 4.78 is 0. The van der Waals surface area contributed by atoms with Gasteiger partial charge in [-0.1, -0.05) is 40.9 Å². The van der Waals surface area contributed by atoms with Crippen LogP contribution in [0.1, 0.15) is 54.4 Å². The lowest BCUT2D eigenvalue weighted by molar-refractivity contribution is -0.384. The van der Waals surface area contributed by atoms with Crippen LogP contribution in [0.5, 0.6) is 0 Å². The standard InChI is InChI=1S/C26H26ClN3O5/c1-17-7-10-20(11-8-17)29-24(31)16-23(26(29)33)28(14-13-18-5-3-2-4-6-18)25(32)19-9-12-21(27)22(15-19)30(34)35/h5,7-12,15,23H,2-4,6,13-14,16H2,1H3. The van der Waals surface area contributed by atoms with Crippen LogP contribution in [0, 0.1) is 17.0 Å².